The lowest BCUT2D eigenvalue weighted by molar-refractivity contribution is 0.0754. The molecule has 1 fully saturated rings. The van der Waals surface area contributed by atoms with E-state index in [-0.39, 0.29) is 0 Å². The van der Waals surface area contributed by atoms with Crippen LogP contribution in [0.3, 0.4) is 0 Å². The molecule has 1 rings (SSSR count). The van der Waals surface area contributed by atoms with Gasteiger partial charge >= 0.3 is 0 Å². The first-order chi connectivity index (χ1) is 8.30. The van der Waals surface area contributed by atoms with Gasteiger partial charge < -0.3 is 9.47 Å². The Morgan fingerprint density at radius 1 is 1.18 bits per heavy atom. The van der Waals surface area contributed by atoms with Gasteiger partial charge in [-0.25, -0.2) is 0 Å². The normalized spacial score (nSPS) is 22.4. The zero-order valence-corrected chi connectivity index (χ0v) is 11.9. The molecule has 2 nitrogen and oxygen atoms in total. The van der Waals surface area contributed by atoms with Crippen LogP contribution in [0.15, 0.2) is 0 Å². The molecule has 2 heteroatoms. The van der Waals surface area contributed by atoms with Crippen molar-refractivity contribution in [3.8, 4) is 0 Å². The first-order valence-electron chi connectivity index (χ1n) is 7.49. The maximum Gasteiger partial charge on any atom is 0.104 e. The molecule has 3 unspecified atom stereocenters. The van der Waals surface area contributed by atoms with Crippen LogP contribution in [-0.4, -0.2) is 25.9 Å². The zero-order valence-electron chi connectivity index (χ0n) is 11.9. The van der Waals surface area contributed by atoms with Gasteiger partial charge in [0.1, 0.15) is 6.10 Å². The number of hydrogen-bond acceptors (Lipinski definition) is 2. The molecule has 0 amide bonds. The van der Waals surface area contributed by atoms with Crippen LogP contribution in [-0.2, 0) is 9.47 Å². The molecule has 1 heterocycles. The monoisotopic (exact) mass is 242 g/mol. The Bertz CT molecular complexity index is 178. The molecule has 0 saturated carbocycles. The molecule has 0 aliphatic carbocycles. The quantitative estimate of drug-likeness (QED) is 0.510. The Morgan fingerprint density at radius 3 is 2.41 bits per heavy atom. The van der Waals surface area contributed by atoms with E-state index in [2.05, 4.69) is 20.8 Å². The van der Waals surface area contributed by atoms with Crippen LogP contribution in [0.25, 0.3) is 0 Å². The maximum absolute atomic E-state index is 5.74. The molecule has 1 aliphatic heterocycles. The Morgan fingerprint density at radius 2 is 1.88 bits per heavy atom. The van der Waals surface area contributed by atoms with E-state index in [1.165, 1.54) is 38.5 Å². The highest BCUT2D eigenvalue weighted by molar-refractivity contribution is 4.69. The summed E-state index contributed by atoms with van der Waals surface area (Å²) in [6.07, 6.45) is 8.42. The van der Waals surface area contributed by atoms with Crippen LogP contribution < -0.4 is 0 Å². The summed E-state index contributed by atoms with van der Waals surface area (Å²) in [5.41, 5.74) is 0. The number of unbranched alkanes of at least 4 members (excludes halogenated alkanes) is 1. The van der Waals surface area contributed by atoms with Gasteiger partial charge in [0.2, 0.25) is 0 Å². The van der Waals surface area contributed by atoms with Crippen molar-refractivity contribution in [3.63, 3.8) is 0 Å². The molecule has 0 aromatic carbocycles. The summed E-state index contributed by atoms with van der Waals surface area (Å²) < 4.78 is 10.9. The van der Waals surface area contributed by atoms with Gasteiger partial charge in [0.15, 0.2) is 0 Å². The van der Waals surface area contributed by atoms with Crippen molar-refractivity contribution in [2.45, 2.75) is 65.4 Å². The van der Waals surface area contributed by atoms with Crippen molar-refractivity contribution in [3.05, 3.63) is 0 Å². The lowest BCUT2D eigenvalue weighted by Crippen LogP contribution is -2.15. The highest BCUT2D eigenvalue weighted by atomic mass is 16.6. The average Bonchev–Trinajstić information content (AvgIpc) is 3.16. The Kier molecular flexibility index (Phi) is 7.87. The number of rotatable bonds is 11. The Hall–Kier alpha value is -0.0800. The fourth-order valence-electron chi connectivity index (χ4n) is 2.34. The highest BCUT2D eigenvalue weighted by Gasteiger charge is 2.23. The largest absolute Gasteiger partial charge is 0.378 e. The van der Waals surface area contributed by atoms with Gasteiger partial charge in [-0.3, -0.25) is 0 Å². The molecule has 0 aromatic rings. The Balaban J connectivity index is 2.12. The van der Waals surface area contributed by atoms with Gasteiger partial charge in [-0.15, -0.1) is 0 Å². The molecule has 0 radical (unpaired) electrons. The van der Waals surface area contributed by atoms with Gasteiger partial charge in [-0.05, 0) is 18.3 Å². The van der Waals surface area contributed by atoms with Gasteiger partial charge in [-0.2, -0.15) is 0 Å². The lowest BCUT2D eigenvalue weighted by atomic mass is 9.88. The molecule has 0 N–H and O–H groups in total. The van der Waals surface area contributed by atoms with Gasteiger partial charge in [-0.1, -0.05) is 52.9 Å². The topological polar surface area (TPSA) is 21.8 Å². The summed E-state index contributed by atoms with van der Waals surface area (Å²) in [7, 11) is 0. The predicted molar refractivity (Wildman–Crippen MR) is 72.3 cm³/mol. The van der Waals surface area contributed by atoms with Crippen molar-refractivity contribution in [2.75, 3.05) is 19.8 Å². The smallest absolute Gasteiger partial charge is 0.104 e. The zero-order chi connectivity index (χ0) is 12.5. The van der Waals surface area contributed by atoms with Crippen molar-refractivity contribution in [2.24, 2.45) is 11.8 Å². The second-order valence-corrected chi connectivity index (χ2v) is 5.42. The maximum atomic E-state index is 5.74. The third kappa shape index (κ3) is 7.05. The van der Waals surface area contributed by atoms with Crippen LogP contribution in [0.2, 0.25) is 0 Å². The second-order valence-electron chi connectivity index (χ2n) is 5.42. The highest BCUT2D eigenvalue weighted by Crippen LogP contribution is 2.24. The predicted octanol–water partition coefficient (Wildman–Crippen LogP) is 4.03. The minimum absolute atomic E-state index is 0.412. The number of ether oxygens (including phenoxy) is 2. The fourth-order valence-corrected chi connectivity index (χ4v) is 2.34. The van der Waals surface area contributed by atoms with Crippen LogP contribution in [0.5, 0.6) is 0 Å². The molecular weight excluding hydrogens is 212 g/mol. The van der Waals surface area contributed by atoms with E-state index in [4.69, 9.17) is 9.47 Å². The van der Waals surface area contributed by atoms with Crippen LogP contribution >= 0.6 is 0 Å². The van der Waals surface area contributed by atoms with Gasteiger partial charge in [0.05, 0.1) is 13.2 Å². The van der Waals surface area contributed by atoms with E-state index >= 15 is 0 Å². The molecule has 17 heavy (non-hydrogen) atoms. The minimum Gasteiger partial charge on any atom is -0.378 e. The van der Waals surface area contributed by atoms with E-state index in [9.17, 15) is 0 Å². The fraction of sp³-hybridized carbons (Fsp3) is 1.00. The summed E-state index contributed by atoms with van der Waals surface area (Å²) in [5, 5.41) is 0. The van der Waals surface area contributed by atoms with Gasteiger partial charge in [0.25, 0.3) is 0 Å². The van der Waals surface area contributed by atoms with Crippen molar-refractivity contribution < 1.29 is 9.47 Å². The first-order valence-corrected chi connectivity index (χ1v) is 7.49. The summed E-state index contributed by atoms with van der Waals surface area (Å²) in [5.74, 6) is 1.65. The van der Waals surface area contributed by atoms with E-state index in [1.807, 2.05) is 0 Å². The van der Waals surface area contributed by atoms with Gasteiger partial charge in [0, 0.05) is 6.61 Å². The summed E-state index contributed by atoms with van der Waals surface area (Å²) in [4.78, 5) is 0. The average molecular weight is 242 g/mol. The molecule has 1 saturated heterocycles. The third-order valence-electron chi connectivity index (χ3n) is 3.85. The molecule has 0 spiro atoms. The van der Waals surface area contributed by atoms with Crippen LogP contribution in [0.4, 0.5) is 0 Å². The van der Waals surface area contributed by atoms with Crippen LogP contribution in [0.1, 0.15) is 59.3 Å². The minimum atomic E-state index is 0.412. The molecule has 0 bridgehead atoms. The lowest BCUT2D eigenvalue weighted by Gasteiger charge is -2.21. The van der Waals surface area contributed by atoms with E-state index in [1.54, 1.807) is 0 Å². The van der Waals surface area contributed by atoms with E-state index in [0.717, 1.165) is 31.7 Å². The Labute approximate surface area is 107 Å². The molecule has 1 aliphatic rings. The summed E-state index contributed by atoms with van der Waals surface area (Å²) >= 11 is 0. The molecule has 0 aromatic heterocycles. The van der Waals surface area contributed by atoms with Crippen LogP contribution in [0, 0.1) is 11.8 Å². The number of epoxide rings is 1. The van der Waals surface area contributed by atoms with Crippen molar-refractivity contribution in [1.82, 2.24) is 0 Å². The first kappa shape index (κ1) is 15.0. The van der Waals surface area contributed by atoms with E-state index < -0.39 is 0 Å². The van der Waals surface area contributed by atoms with Crippen molar-refractivity contribution >= 4 is 0 Å². The SMILES string of the molecule is CCCCC(CC)CC(CC)COCC1CO1. The standard InChI is InChI=1S/C15H30O2/c1-4-7-8-13(5-2)9-14(6-3)10-16-11-15-12-17-15/h13-15H,4-12H2,1-3H3. The molecule has 102 valence electrons. The molecular formula is C15H30O2. The summed E-state index contributed by atoms with van der Waals surface area (Å²) in [6.45, 7) is 9.54. The van der Waals surface area contributed by atoms with Crippen molar-refractivity contribution in [1.29, 1.82) is 0 Å². The molecule has 3 atom stereocenters. The second kappa shape index (κ2) is 8.93. The number of hydrogen-bond donors (Lipinski definition) is 0. The summed E-state index contributed by atoms with van der Waals surface area (Å²) in [6, 6.07) is 0. The third-order valence-corrected chi connectivity index (χ3v) is 3.85. The van der Waals surface area contributed by atoms with E-state index in [0.29, 0.717) is 6.10 Å².